The minimum absolute atomic E-state index is 0.0257. The van der Waals surface area contributed by atoms with E-state index in [-0.39, 0.29) is 36.1 Å². The van der Waals surface area contributed by atoms with E-state index in [1.165, 1.54) is 18.2 Å². The van der Waals surface area contributed by atoms with Crippen LogP contribution in [0, 0.1) is 17.6 Å². The van der Waals surface area contributed by atoms with Gasteiger partial charge in [0.1, 0.15) is 11.6 Å². The summed E-state index contributed by atoms with van der Waals surface area (Å²) >= 11 is 0. The molecule has 6 heteroatoms. The van der Waals surface area contributed by atoms with E-state index in [9.17, 15) is 13.6 Å². The molecule has 4 nitrogen and oxygen atoms in total. The van der Waals surface area contributed by atoms with E-state index in [0.29, 0.717) is 36.2 Å². The van der Waals surface area contributed by atoms with E-state index in [4.69, 9.17) is 4.84 Å². The zero-order valence-electron chi connectivity index (χ0n) is 16.1. The molecule has 3 rings (SSSR count). The second-order valence-corrected chi connectivity index (χ2v) is 7.45. The van der Waals surface area contributed by atoms with E-state index in [0.717, 1.165) is 0 Å². The van der Waals surface area contributed by atoms with Crippen molar-refractivity contribution in [2.45, 2.75) is 39.3 Å². The molecule has 2 aromatic carbocycles. The normalized spacial score (nSPS) is 16.0. The van der Waals surface area contributed by atoms with Crippen molar-refractivity contribution >= 4 is 11.6 Å². The molecule has 1 amide bonds. The highest BCUT2D eigenvalue weighted by molar-refractivity contribution is 6.01. The summed E-state index contributed by atoms with van der Waals surface area (Å²) < 4.78 is 27.5. The molecule has 1 heterocycles. The van der Waals surface area contributed by atoms with Gasteiger partial charge in [-0.2, -0.15) is 0 Å². The molecule has 0 spiro atoms. The van der Waals surface area contributed by atoms with Crippen molar-refractivity contribution in [3.63, 3.8) is 0 Å². The van der Waals surface area contributed by atoms with Gasteiger partial charge in [0, 0.05) is 24.9 Å². The number of rotatable bonds is 7. The summed E-state index contributed by atoms with van der Waals surface area (Å²) in [5.74, 6) is -0.506. The average Bonchev–Trinajstić information content (AvgIpc) is 3.09. The van der Waals surface area contributed by atoms with E-state index in [2.05, 4.69) is 5.16 Å². The molecule has 148 valence electrons. The average molecular weight is 386 g/mol. The van der Waals surface area contributed by atoms with Gasteiger partial charge in [-0.05, 0) is 29.7 Å². The van der Waals surface area contributed by atoms with Crippen LogP contribution in [0.1, 0.15) is 37.8 Å². The van der Waals surface area contributed by atoms with Crippen molar-refractivity contribution in [2.75, 3.05) is 6.54 Å². The van der Waals surface area contributed by atoms with Crippen LogP contribution < -0.4 is 0 Å². The number of hydrogen-bond donors (Lipinski definition) is 0. The summed E-state index contributed by atoms with van der Waals surface area (Å²) in [7, 11) is 0. The number of benzene rings is 2. The Labute approximate surface area is 163 Å². The lowest BCUT2D eigenvalue weighted by Crippen LogP contribution is -2.37. The van der Waals surface area contributed by atoms with Crippen molar-refractivity contribution in [1.29, 1.82) is 0 Å². The van der Waals surface area contributed by atoms with Gasteiger partial charge in [0.25, 0.3) is 0 Å². The standard InChI is InChI=1S/C22H24F2N2O2/c1-15(2)10-22(27)26(13-16-6-5-7-17(23)11-16)14-18-12-21(25-28-18)19-8-3-4-9-20(19)24/h3-9,11,15,18H,10,12-14H2,1-2H3. The van der Waals surface area contributed by atoms with Crippen molar-refractivity contribution < 1.29 is 18.4 Å². The highest BCUT2D eigenvalue weighted by atomic mass is 19.1. The molecule has 0 bridgehead atoms. The number of nitrogens with zero attached hydrogens (tertiary/aromatic N) is 2. The molecular formula is C22H24F2N2O2. The van der Waals surface area contributed by atoms with E-state index in [1.54, 1.807) is 35.2 Å². The zero-order valence-corrected chi connectivity index (χ0v) is 16.1. The molecule has 0 saturated carbocycles. The number of hydrogen-bond acceptors (Lipinski definition) is 3. The molecule has 0 saturated heterocycles. The third kappa shape index (κ3) is 5.15. The first-order valence-electron chi connectivity index (χ1n) is 9.42. The van der Waals surface area contributed by atoms with Gasteiger partial charge in [-0.15, -0.1) is 0 Å². The fraction of sp³-hybridized carbons (Fsp3) is 0.364. The van der Waals surface area contributed by atoms with Crippen molar-refractivity contribution in [3.05, 3.63) is 71.3 Å². The molecule has 0 aromatic heterocycles. The lowest BCUT2D eigenvalue weighted by molar-refractivity contribution is -0.134. The van der Waals surface area contributed by atoms with E-state index in [1.807, 2.05) is 13.8 Å². The molecule has 0 fully saturated rings. The quantitative estimate of drug-likeness (QED) is 0.701. The molecule has 1 aliphatic heterocycles. The summed E-state index contributed by atoms with van der Waals surface area (Å²) in [4.78, 5) is 19.9. The maximum atomic E-state index is 14.0. The van der Waals surface area contributed by atoms with Crippen LogP contribution in [-0.4, -0.2) is 29.2 Å². The van der Waals surface area contributed by atoms with Crippen LogP contribution in [0.5, 0.6) is 0 Å². The summed E-state index contributed by atoms with van der Waals surface area (Å²) in [6.45, 7) is 4.55. The van der Waals surface area contributed by atoms with Crippen molar-refractivity contribution in [1.82, 2.24) is 4.90 Å². The predicted octanol–water partition coefficient (Wildman–Crippen LogP) is 4.53. The molecule has 1 aliphatic rings. The Hall–Kier alpha value is -2.76. The largest absolute Gasteiger partial charge is 0.390 e. The first kappa shape index (κ1) is 20.0. The number of halogens is 2. The van der Waals surface area contributed by atoms with Crippen LogP contribution >= 0.6 is 0 Å². The van der Waals surface area contributed by atoms with Crippen molar-refractivity contribution in [2.24, 2.45) is 11.1 Å². The Kier molecular flexibility index (Phi) is 6.39. The highest BCUT2D eigenvalue weighted by Gasteiger charge is 2.28. The fourth-order valence-corrected chi connectivity index (χ4v) is 3.21. The van der Waals surface area contributed by atoms with Gasteiger partial charge >= 0.3 is 0 Å². The van der Waals surface area contributed by atoms with E-state index >= 15 is 0 Å². The maximum Gasteiger partial charge on any atom is 0.223 e. The van der Waals surface area contributed by atoms with Crippen LogP contribution in [0.25, 0.3) is 0 Å². The summed E-state index contributed by atoms with van der Waals surface area (Å²) in [6.07, 6.45) is 0.442. The lowest BCUT2D eigenvalue weighted by atomic mass is 10.0. The minimum Gasteiger partial charge on any atom is -0.390 e. The molecular weight excluding hydrogens is 362 g/mol. The Balaban J connectivity index is 1.69. The summed E-state index contributed by atoms with van der Waals surface area (Å²) in [5, 5.41) is 4.02. The second kappa shape index (κ2) is 8.95. The van der Waals surface area contributed by atoms with E-state index < -0.39 is 0 Å². The summed E-state index contributed by atoms with van der Waals surface area (Å²) in [5.41, 5.74) is 1.66. The third-order valence-electron chi connectivity index (χ3n) is 4.54. The first-order valence-corrected chi connectivity index (χ1v) is 9.42. The highest BCUT2D eigenvalue weighted by Crippen LogP contribution is 2.21. The lowest BCUT2D eigenvalue weighted by Gasteiger charge is -2.26. The third-order valence-corrected chi connectivity index (χ3v) is 4.54. The SMILES string of the molecule is CC(C)CC(=O)N(Cc1cccc(F)c1)CC1CC(c2ccccc2F)=NO1. The van der Waals surface area contributed by atoms with Gasteiger partial charge in [-0.1, -0.05) is 49.3 Å². The topological polar surface area (TPSA) is 41.9 Å². The maximum absolute atomic E-state index is 14.0. The van der Waals surface area contributed by atoms with Crippen LogP contribution in [-0.2, 0) is 16.2 Å². The molecule has 2 aromatic rings. The zero-order chi connectivity index (χ0) is 20.1. The van der Waals surface area contributed by atoms with Gasteiger partial charge in [-0.3, -0.25) is 4.79 Å². The smallest absolute Gasteiger partial charge is 0.223 e. The number of oxime groups is 1. The Morgan fingerprint density at radius 2 is 2.00 bits per heavy atom. The van der Waals surface area contributed by atoms with Crippen LogP contribution in [0.4, 0.5) is 8.78 Å². The molecule has 0 aliphatic carbocycles. The molecule has 28 heavy (non-hydrogen) atoms. The van der Waals surface area contributed by atoms with Gasteiger partial charge in [0.2, 0.25) is 5.91 Å². The van der Waals surface area contributed by atoms with Gasteiger partial charge in [0.15, 0.2) is 6.10 Å². The minimum atomic E-state index is -0.362. The second-order valence-electron chi connectivity index (χ2n) is 7.45. The van der Waals surface area contributed by atoms with Gasteiger partial charge < -0.3 is 9.74 Å². The number of amides is 1. The predicted molar refractivity (Wildman–Crippen MR) is 104 cm³/mol. The van der Waals surface area contributed by atoms with Crippen molar-refractivity contribution in [3.8, 4) is 0 Å². The monoisotopic (exact) mass is 386 g/mol. The van der Waals surface area contributed by atoms with Crippen LogP contribution in [0.15, 0.2) is 53.7 Å². The Morgan fingerprint density at radius 3 is 2.71 bits per heavy atom. The van der Waals surface area contributed by atoms with Crippen LogP contribution in [0.2, 0.25) is 0 Å². The van der Waals surface area contributed by atoms with Crippen LogP contribution in [0.3, 0.4) is 0 Å². The Bertz CT molecular complexity index is 867. The Morgan fingerprint density at radius 1 is 1.21 bits per heavy atom. The first-order chi connectivity index (χ1) is 13.4. The van der Waals surface area contributed by atoms with Gasteiger partial charge in [-0.25, -0.2) is 8.78 Å². The molecule has 0 N–H and O–H groups in total. The molecule has 0 radical (unpaired) electrons. The molecule has 1 unspecified atom stereocenters. The summed E-state index contributed by atoms with van der Waals surface area (Å²) in [6, 6.07) is 12.6. The number of carbonyl (C=O) groups is 1. The van der Waals surface area contributed by atoms with Gasteiger partial charge in [0.05, 0.1) is 12.3 Å². The molecule has 1 atom stereocenters. The fourth-order valence-electron chi connectivity index (χ4n) is 3.21. The number of carbonyl (C=O) groups excluding carboxylic acids is 1.